The topological polar surface area (TPSA) is 368 Å². The van der Waals surface area contributed by atoms with Crippen LogP contribution in [0.4, 0.5) is 16.4 Å². The molecule has 0 saturated carbocycles. The lowest BCUT2D eigenvalue weighted by molar-refractivity contribution is -0.157. The Morgan fingerprint density at radius 2 is 1.29 bits per heavy atom. The summed E-state index contributed by atoms with van der Waals surface area (Å²) >= 11 is 4.24. The fourth-order valence-corrected chi connectivity index (χ4v) is 4.30. The average molecular weight is 1160 g/mol. The number of hydrogen-bond donors (Lipinski definition) is 6. The van der Waals surface area contributed by atoms with Crippen molar-refractivity contribution in [2.45, 2.75) is 31.3 Å². The zero-order valence-corrected chi connectivity index (χ0v) is 42.1. The van der Waals surface area contributed by atoms with E-state index in [1.54, 1.807) is 0 Å². The van der Waals surface area contributed by atoms with Gasteiger partial charge in [0.15, 0.2) is 11.5 Å². The minimum absolute atomic E-state index is 0.0536. The maximum absolute atomic E-state index is 11.3. The minimum Gasteiger partial charge on any atom is -0.469 e. The van der Waals surface area contributed by atoms with E-state index in [1.807, 2.05) is 6.08 Å². The Hall–Kier alpha value is -6.20. The highest BCUT2D eigenvalue weighted by Crippen LogP contribution is 2.27. The monoisotopic (exact) mass is 1160 g/mol. The van der Waals surface area contributed by atoms with Crippen LogP contribution in [0.1, 0.15) is 57.0 Å². The van der Waals surface area contributed by atoms with Gasteiger partial charge in [0.1, 0.15) is 0 Å². The number of benzene rings is 1. The van der Waals surface area contributed by atoms with Crippen LogP contribution < -0.4 is 22.9 Å². The van der Waals surface area contributed by atoms with Crippen molar-refractivity contribution in [3.05, 3.63) is 95.4 Å². The van der Waals surface area contributed by atoms with Crippen LogP contribution in [0.15, 0.2) is 83.0 Å². The number of aliphatic hydroxyl groups is 1. The molecule has 0 spiro atoms. The normalized spacial score (nSPS) is 14.4. The van der Waals surface area contributed by atoms with Gasteiger partial charge < -0.3 is 75.5 Å². The number of esters is 7. The Labute approximate surface area is 405 Å². The second-order valence-corrected chi connectivity index (χ2v) is 11.5. The highest BCUT2D eigenvalue weighted by atomic mass is 128. The van der Waals surface area contributed by atoms with Gasteiger partial charge >= 0.3 is 47.9 Å². The third-order valence-corrected chi connectivity index (χ3v) is 7.54. The number of hydrogen-bond acceptors (Lipinski definition) is 22. The average Bonchev–Trinajstić information content (AvgIpc) is 3.81. The molecule has 2 aromatic rings. The third kappa shape index (κ3) is 27.2. The van der Waals surface area contributed by atoms with E-state index in [1.165, 1.54) is 92.2 Å². The second kappa shape index (κ2) is 39.2. The first-order valence-electron chi connectivity index (χ1n) is 18.2. The molecule has 66 heavy (non-hydrogen) atoms. The Balaban J connectivity index is -0.000000357. The first kappa shape index (κ1) is 66.4. The second-order valence-electron chi connectivity index (χ2n) is 11.5. The predicted molar refractivity (Wildman–Crippen MR) is 256 cm³/mol. The minimum atomic E-state index is -1.86. The molecule has 23 nitrogen and oxygen atoms in total. The predicted octanol–water partition coefficient (Wildman–Crippen LogP) is 4.24. The van der Waals surface area contributed by atoms with Gasteiger partial charge in [0, 0.05) is 67.2 Å². The lowest BCUT2D eigenvalue weighted by Gasteiger charge is -2.25. The summed E-state index contributed by atoms with van der Waals surface area (Å²) in [5.74, 6) is -3.16. The number of anilines is 2. The van der Waals surface area contributed by atoms with Gasteiger partial charge in [0.2, 0.25) is 5.76 Å². The molecule has 370 valence electrons. The number of nitrogens with two attached hydrogens (primary N) is 4. The fraction of sp³-hybridized carbons (Fsp3) is 0.366. The third-order valence-electron chi connectivity index (χ3n) is 7.54. The lowest BCUT2D eigenvalue weighted by Crippen LogP contribution is -2.41. The summed E-state index contributed by atoms with van der Waals surface area (Å²) in [6.45, 7) is 3.16. The molecule has 0 radical (unpaired) electrons. The molecule has 0 amide bonds. The zero-order valence-electron chi connectivity index (χ0n) is 37.8. The van der Waals surface area contributed by atoms with Crippen LogP contribution in [0.25, 0.3) is 0 Å². The molecule has 0 aliphatic heterocycles. The van der Waals surface area contributed by atoms with Crippen LogP contribution in [0, 0.1) is 5.92 Å². The van der Waals surface area contributed by atoms with Crippen LogP contribution in [-0.2, 0) is 57.1 Å². The van der Waals surface area contributed by atoms with Gasteiger partial charge in [-0.15, -0.1) is 0 Å². The maximum atomic E-state index is 11.3. The number of rotatable bonds is 7. The molecular weight excluding hydrogens is 1110 g/mol. The Bertz CT molecular complexity index is 1950. The number of allylic oxidation sites excluding steroid dienone is 3. The van der Waals surface area contributed by atoms with Crippen molar-refractivity contribution in [1.82, 2.24) is 0 Å². The van der Waals surface area contributed by atoms with E-state index in [9.17, 15) is 38.7 Å². The van der Waals surface area contributed by atoms with E-state index < -0.39 is 47.6 Å². The summed E-state index contributed by atoms with van der Waals surface area (Å²) in [5, 5.41) is 17.4. The summed E-state index contributed by atoms with van der Waals surface area (Å²) in [6.07, 6.45) is 9.06. The quantitative estimate of drug-likeness (QED) is 0.0563. The van der Waals surface area contributed by atoms with Gasteiger partial charge in [0.25, 0.3) is 0 Å². The first-order chi connectivity index (χ1) is 31.2. The van der Waals surface area contributed by atoms with E-state index in [2.05, 4.69) is 93.5 Å². The summed E-state index contributed by atoms with van der Waals surface area (Å²) in [6, 6.07) is 7.23. The molecule has 25 heteroatoms. The van der Waals surface area contributed by atoms with Gasteiger partial charge in [-0.1, -0.05) is 18.7 Å². The van der Waals surface area contributed by atoms with Gasteiger partial charge in [-0.3, -0.25) is 4.79 Å². The molecule has 2 aliphatic rings. The molecule has 2 atom stereocenters. The SMILES string of the molecule is C=CC(=O)OC.CN.COC(=O)C1=C(N)C=CC(O)(C(=O)OC)C1.COC(=O)C1CC=CCC1.COC(=O)O.COC(=O)c1ccc(N)c(C(=O)OC)c1.COC(=O)c1ccc(N)o1.II. The van der Waals surface area contributed by atoms with Gasteiger partial charge in [-0.25, -0.2) is 33.6 Å². The van der Waals surface area contributed by atoms with E-state index in [0.29, 0.717) is 0 Å². The van der Waals surface area contributed by atoms with Crippen molar-refractivity contribution >= 4 is 96.7 Å². The van der Waals surface area contributed by atoms with Crippen molar-refractivity contribution in [1.29, 1.82) is 0 Å². The van der Waals surface area contributed by atoms with Crippen molar-refractivity contribution < 1.29 is 90.9 Å². The Kier molecular flexibility index (Phi) is 39.4. The standard InChI is InChI=1S/C10H13NO5.C10H11NO4.C8H12O2.C6H7NO3.C4H6O2.C2H4O3.CH5N.I2/c1-15-8(12)6-5-10(14,9(13)16-2)4-3-7(6)11;1-14-9(12)6-3-4-8(11)7(5-6)10(13)15-2;1-10-8(9)7-5-3-2-4-6-7;1-9-6(8)4-2-3-5(7)10-4;1-3-4(5)6-2;1-5-2(3)4;2*1-2/h3-4,14H,5,11H2,1-2H3;3-5H,11H2,1-2H3;2-3,7H,4-6H2,1H3;2-3H,7H2,1H3;3H,1H2,2H3;1H3,(H,3,4);2H2,1H3;. The number of carbonyl (C=O) groups excluding carboxylic acids is 7. The molecule has 2 aliphatic carbocycles. The molecule has 0 saturated heterocycles. The number of ether oxygens (including phenoxy) is 8. The zero-order chi connectivity index (χ0) is 52.0. The summed E-state index contributed by atoms with van der Waals surface area (Å²) in [4.78, 5) is 85.6. The number of methoxy groups -OCH3 is 8. The Morgan fingerprint density at radius 3 is 1.67 bits per heavy atom. The molecule has 1 aromatic heterocycles. The summed E-state index contributed by atoms with van der Waals surface area (Å²) < 4.78 is 39.5. The van der Waals surface area contributed by atoms with Crippen LogP contribution >= 0.6 is 37.2 Å². The van der Waals surface area contributed by atoms with Crippen molar-refractivity contribution in [3.8, 4) is 0 Å². The molecule has 0 bridgehead atoms. The van der Waals surface area contributed by atoms with Crippen LogP contribution in [0.5, 0.6) is 0 Å². The maximum Gasteiger partial charge on any atom is 0.505 e. The highest BCUT2D eigenvalue weighted by molar-refractivity contribution is 15.0. The number of carboxylic acid groups (broad SMARTS) is 1. The van der Waals surface area contributed by atoms with E-state index >= 15 is 0 Å². The lowest BCUT2D eigenvalue weighted by atomic mass is 9.88. The van der Waals surface area contributed by atoms with Gasteiger partial charge in [-0.05, 0) is 62.7 Å². The summed E-state index contributed by atoms with van der Waals surface area (Å²) in [5.41, 5.74) is 19.8. The van der Waals surface area contributed by atoms with E-state index in [4.69, 9.17) is 31.5 Å². The van der Waals surface area contributed by atoms with Gasteiger partial charge in [0.05, 0.1) is 79.5 Å². The van der Waals surface area contributed by atoms with Crippen molar-refractivity contribution in [3.63, 3.8) is 0 Å². The molecule has 1 heterocycles. The molecule has 10 N–H and O–H groups in total. The highest BCUT2D eigenvalue weighted by Gasteiger charge is 2.40. The fourth-order valence-electron chi connectivity index (χ4n) is 4.30. The molecule has 0 fully saturated rings. The molecule has 4 rings (SSSR count). The molecular formula is C41H58I2N4O19. The Morgan fingerprint density at radius 1 is 0.742 bits per heavy atom. The first-order valence-corrected chi connectivity index (χ1v) is 24.5. The number of nitrogen functional groups attached to an aromatic ring is 2. The van der Waals surface area contributed by atoms with E-state index in [-0.39, 0.29) is 58.0 Å². The van der Waals surface area contributed by atoms with Crippen molar-refractivity contribution in [2.75, 3.05) is 75.4 Å². The van der Waals surface area contributed by atoms with Gasteiger partial charge in [-0.2, -0.15) is 0 Å². The van der Waals surface area contributed by atoms with Crippen LogP contribution in [-0.4, -0.2) is 128 Å². The number of furan rings is 1. The van der Waals surface area contributed by atoms with Crippen LogP contribution in [0.3, 0.4) is 0 Å². The molecule has 1 aromatic carbocycles. The van der Waals surface area contributed by atoms with Crippen LogP contribution in [0.2, 0.25) is 0 Å². The number of halogens is 2. The summed E-state index contributed by atoms with van der Waals surface area (Å²) in [7, 11) is 11.5. The number of carbonyl (C=O) groups is 8. The van der Waals surface area contributed by atoms with E-state index in [0.717, 1.165) is 39.6 Å². The largest absolute Gasteiger partial charge is 0.505 e. The smallest absolute Gasteiger partial charge is 0.469 e. The molecule has 2 unspecified atom stereocenters. The van der Waals surface area contributed by atoms with Crippen molar-refractivity contribution in [2.24, 2.45) is 17.4 Å².